The molecule has 1 aromatic heterocycles. The molecule has 0 aliphatic carbocycles. The fraction of sp³-hybridized carbons (Fsp3) is 0. The van der Waals surface area contributed by atoms with Gasteiger partial charge in [0.15, 0.2) is 0 Å². The van der Waals surface area contributed by atoms with E-state index in [1.165, 1.54) is 55.1 Å². The lowest BCUT2D eigenvalue weighted by atomic mass is 9.90. The Morgan fingerprint density at radius 2 is 1.05 bits per heavy atom. The first-order valence-electron chi connectivity index (χ1n) is 14.3. The van der Waals surface area contributed by atoms with E-state index in [0.717, 1.165) is 33.6 Å². The summed E-state index contributed by atoms with van der Waals surface area (Å²) in [6, 6.07) is 51.5. The van der Waals surface area contributed by atoms with Crippen LogP contribution in [0.3, 0.4) is 0 Å². The fourth-order valence-electron chi connectivity index (χ4n) is 6.49. The van der Waals surface area contributed by atoms with Crippen LogP contribution in [0.2, 0.25) is 0 Å². The zero-order valence-corrected chi connectivity index (χ0v) is 22.7. The maximum atomic E-state index is 6.25. The Balaban J connectivity index is 1.12. The van der Waals surface area contributed by atoms with Gasteiger partial charge in [-0.15, -0.1) is 0 Å². The Morgan fingerprint density at radius 1 is 0.357 bits per heavy atom. The molecule has 2 nitrogen and oxygen atoms in total. The third-order valence-electron chi connectivity index (χ3n) is 8.46. The van der Waals surface area contributed by atoms with Crippen LogP contribution in [0.25, 0.3) is 77.2 Å². The molecule has 0 unspecified atom stereocenters. The van der Waals surface area contributed by atoms with E-state index in [1.54, 1.807) is 0 Å². The minimum atomic E-state index is 0.905. The summed E-state index contributed by atoms with van der Waals surface area (Å²) in [7, 11) is 0. The monoisotopic (exact) mass is 536 g/mol. The summed E-state index contributed by atoms with van der Waals surface area (Å²) < 4.78 is 12.4. The number of furan rings is 1. The second-order valence-corrected chi connectivity index (χ2v) is 10.9. The van der Waals surface area contributed by atoms with Crippen molar-refractivity contribution in [2.75, 3.05) is 0 Å². The van der Waals surface area contributed by atoms with Crippen molar-refractivity contribution in [3.05, 3.63) is 146 Å². The average molecular weight is 537 g/mol. The van der Waals surface area contributed by atoms with E-state index in [1.807, 2.05) is 30.3 Å². The highest BCUT2D eigenvalue weighted by Gasteiger charge is 2.20. The Hall–Kier alpha value is -5.60. The molecular weight excluding hydrogens is 512 g/mol. The van der Waals surface area contributed by atoms with E-state index in [0.29, 0.717) is 0 Å². The molecule has 0 atom stereocenters. The maximum Gasteiger partial charge on any atom is 0.136 e. The predicted molar refractivity (Wildman–Crippen MR) is 173 cm³/mol. The number of para-hydroxylation sites is 2. The van der Waals surface area contributed by atoms with Crippen LogP contribution in [0.5, 0.6) is 11.5 Å². The van der Waals surface area contributed by atoms with Crippen LogP contribution in [0, 0.1) is 0 Å². The van der Waals surface area contributed by atoms with Crippen LogP contribution >= 0.6 is 0 Å². The Labute approximate surface area is 243 Å². The second-order valence-electron chi connectivity index (χ2n) is 10.9. The Kier molecular flexibility index (Phi) is 4.93. The number of fused-ring (bicyclic) bond motifs is 5. The molecule has 7 aromatic carbocycles. The van der Waals surface area contributed by atoms with Crippen molar-refractivity contribution >= 4 is 32.7 Å². The normalized spacial score (nSPS) is 12.0. The van der Waals surface area contributed by atoms with Crippen molar-refractivity contribution in [1.29, 1.82) is 0 Å². The zero-order chi connectivity index (χ0) is 27.6. The van der Waals surface area contributed by atoms with Gasteiger partial charge in [0, 0.05) is 21.7 Å². The molecule has 0 spiro atoms. The molecule has 9 rings (SSSR count). The second kappa shape index (κ2) is 8.95. The third-order valence-corrected chi connectivity index (χ3v) is 8.46. The summed E-state index contributed by atoms with van der Waals surface area (Å²) in [5.41, 5.74) is 11.3. The molecule has 2 heteroatoms. The first kappa shape index (κ1) is 23.1. The number of benzene rings is 7. The summed E-state index contributed by atoms with van der Waals surface area (Å²) in [6.07, 6.45) is 0. The van der Waals surface area contributed by atoms with Crippen molar-refractivity contribution in [2.45, 2.75) is 0 Å². The van der Waals surface area contributed by atoms with Crippen LogP contribution < -0.4 is 4.74 Å². The lowest BCUT2D eigenvalue weighted by Crippen LogP contribution is -1.97. The van der Waals surface area contributed by atoms with Gasteiger partial charge in [-0.25, -0.2) is 0 Å². The van der Waals surface area contributed by atoms with Gasteiger partial charge < -0.3 is 9.15 Å². The molecular formula is C40H24O2. The van der Waals surface area contributed by atoms with E-state index < -0.39 is 0 Å². The van der Waals surface area contributed by atoms with Gasteiger partial charge in [-0.2, -0.15) is 0 Å². The Bertz CT molecular complexity index is 2320. The van der Waals surface area contributed by atoms with Crippen LogP contribution in [0.4, 0.5) is 0 Å². The van der Waals surface area contributed by atoms with Crippen molar-refractivity contribution in [3.63, 3.8) is 0 Å². The standard InChI is InChI=1S/C40H24O2/c1-3-14-35-32(11-1)34-24-30(23-29-10-6-16-37(41-35)39(29)34)28-9-5-8-27(22-28)25-18-20-26(21-19-25)31-13-7-17-38-40(31)33-12-2-4-15-36(33)42-38/h1-24H. The first-order chi connectivity index (χ1) is 20.8. The van der Waals surface area contributed by atoms with Crippen LogP contribution in [-0.2, 0) is 0 Å². The van der Waals surface area contributed by atoms with Gasteiger partial charge in [0.1, 0.15) is 22.7 Å². The molecule has 0 radical (unpaired) electrons. The van der Waals surface area contributed by atoms with Gasteiger partial charge in [-0.1, -0.05) is 103 Å². The molecule has 42 heavy (non-hydrogen) atoms. The van der Waals surface area contributed by atoms with Crippen LogP contribution in [0.1, 0.15) is 0 Å². The lowest BCUT2D eigenvalue weighted by Gasteiger charge is -2.22. The number of hydrogen-bond acceptors (Lipinski definition) is 2. The molecule has 0 fully saturated rings. The van der Waals surface area contributed by atoms with Crippen molar-refractivity contribution in [2.24, 2.45) is 0 Å². The van der Waals surface area contributed by atoms with E-state index in [-0.39, 0.29) is 0 Å². The minimum absolute atomic E-state index is 0.905. The van der Waals surface area contributed by atoms with Crippen molar-refractivity contribution in [3.8, 4) is 56.0 Å². The smallest absolute Gasteiger partial charge is 0.136 e. The summed E-state index contributed by atoms with van der Waals surface area (Å²) in [4.78, 5) is 0. The predicted octanol–water partition coefficient (Wildman–Crippen LogP) is 11.5. The van der Waals surface area contributed by atoms with Crippen LogP contribution in [0.15, 0.2) is 150 Å². The summed E-state index contributed by atoms with van der Waals surface area (Å²) >= 11 is 0. The van der Waals surface area contributed by atoms with Crippen molar-refractivity contribution < 1.29 is 9.15 Å². The Morgan fingerprint density at radius 3 is 1.98 bits per heavy atom. The highest BCUT2D eigenvalue weighted by atomic mass is 16.5. The van der Waals surface area contributed by atoms with E-state index in [9.17, 15) is 0 Å². The van der Waals surface area contributed by atoms with Gasteiger partial charge in [-0.05, 0) is 86.8 Å². The van der Waals surface area contributed by atoms with Gasteiger partial charge in [0.25, 0.3) is 0 Å². The molecule has 0 bridgehead atoms. The van der Waals surface area contributed by atoms with Gasteiger partial charge >= 0.3 is 0 Å². The number of ether oxygens (including phenoxy) is 1. The minimum Gasteiger partial charge on any atom is -0.456 e. The molecule has 0 saturated carbocycles. The van der Waals surface area contributed by atoms with E-state index in [2.05, 4.69) is 115 Å². The third kappa shape index (κ3) is 3.52. The number of hydrogen-bond donors (Lipinski definition) is 0. The van der Waals surface area contributed by atoms with Crippen LogP contribution in [-0.4, -0.2) is 0 Å². The van der Waals surface area contributed by atoms with Crippen molar-refractivity contribution in [1.82, 2.24) is 0 Å². The molecule has 0 amide bonds. The first-order valence-corrected chi connectivity index (χ1v) is 14.3. The molecule has 0 N–H and O–H groups in total. The van der Waals surface area contributed by atoms with Gasteiger partial charge in [0.2, 0.25) is 0 Å². The quantitative estimate of drug-likeness (QED) is 0.224. The van der Waals surface area contributed by atoms with E-state index in [4.69, 9.17) is 9.15 Å². The average Bonchev–Trinajstić information content (AvgIpc) is 3.44. The lowest BCUT2D eigenvalue weighted by molar-refractivity contribution is 0.487. The number of rotatable bonds is 3. The SMILES string of the molecule is c1cc(-c2ccc(-c3cccc4oc5ccccc5c34)cc2)cc(-c2cc3c4c(cccc4c2)Oc2ccccc2-3)c1. The summed E-state index contributed by atoms with van der Waals surface area (Å²) in [6.45, 7) is 0. The molecule has 2 heterocycles. The highest BCUT2D eigenvalue weighted by molar-refractivity contribution is 6.12. The summed E-state index contributed by atoms with van der Waals surface area (Å²) in [5, 5.41) is 4.67. The molecule has 196 valence electrons. The maximum absolute atomic E-state index is 6.25. The van der Waals surface area contributed by atoms with E-state index >= 15 is 0 Å². The fourth-order valence-corrected chi connectivity index (χ4v) is 6.49. The van der Waals surface area contributed by atoms with Gasteiger partial charge in [-0.3, -0.25) is 0 Å². The molecule has 1 aliphatic rings. The molecule has 1 aliphatic heterocycles. The zero-order valence-electron chi connectivity index (χ0n) is 22.7. The summed E-state index contributed by atoms with van der Waals surface area (Å²) in [5.74, 6) is 1.82. The largest absolute Gasteiger partial charge is 0.456 e. The highest BCUT2D eigenvalue weighted by Crippen LogP contribution is 2.48. The van der Waals surface area contributed by atoms with Gasteiger partial charge in [0.05, 0.1) is 0 Å². The molecule has 8 aromatic rings. The molecule has 0 saturated heterocycles. The topological polar surface area (TPSA) is 22.4 Å².